The van der Waals surface area contributed by atoms with E-state index >= 15 is 0 Å². The fourth-order valence-electron chi connectivity index (χ4n) is 2.52. The van der Waals surface area contributed by atoms with E-state index in [9.17, 15) is 4.79 Å². The quantitative estimate of drug-likeness (QED) is 0.765. The van der Waals surface area contributed by atoms with Crippen LogP contribution in [0, 0.1) is 0 Å². The molecule has 1 heterocycles. The minimum absolute atomic E-state index is 0.138. The summed E-state index contributed by atoms with van der Waals surface area (Å²) >= 11 is 0. The van der Waals surface area contributed by atoms with Crippen molar-refractivity contribution in [1.82, 2.24) is 0 Å². The molecule has 1 aromatic rings. The molecule has 1 fully saturated rings. The van der Waals surface area contributed by atoms with Crippen LogP contribution in [0.5, 0.6) is 0 Å². The summed E-state index contributed by atoms with van der Waals surface area (Å²) in [6.07, 6.45) is 1.90. The average molecular weight is 248 g/mol. The van der Waals surface area contributed by atoms with E-state index < -0.39 is 0 Å². The van der Waals surface area contributed by atoms with Crippen molar-refractivity contribution in [3.8, 4) is 0 Å². The molecule has 0 saturated carbocycles. The normalized spacial score (nSPS) is 18.8. The molecule has 98 valence electrons. The van der Waals surface area contributed by atoms with Crippen molar-refractivity contribution >= 4 is 17.3 Å². The molecule has 4 nitrogen and oxygen atoms in total. The number of carbonyl (C=O) groups excluding carboxylic acids is 1. The van der Waals surface area contributed by atoms with Crippen molar-refractivity contribution in [2.45, 2.75) is 18.9 Å². The predicted molar refractivity (Wildman–Crippen MR) is 73.2 cm³/mol. The molecule has 0 spiro atoms. The maximum absolute atomic E-state index is 11.8. The first-order valence-electron chi connectivity index (χ1n) is 6.26. The second-order valence-corrected chi connectivity index (χ2v) is 4.76. The Morgan fingerprint density at radius 1 is 1.39 bits per heavy atom. The molecule has 0 aliphatic carbocycles. The Balaban J connectivity index is 2.33. The standard InChI is InChI=1S/C14H20N2O2/c1-15(2)11-7-4-5-8-12(11)16-10-6-9-13(16)14(17)18-3/h4-5,7-8,13H,6,9-10H2,1-3H3. The summed E-state index contributed by atoms with van der Waals surface area (Å²) in [5, 5.41) is 0. The second kappa shape index (κ2) is 5.29. The third kappa shape index (κ3) is 2.28. The fraction of sp³-hybridized carbons (Fsp3) is 0.500. The highest BCUT2D eigenvalue weighted by Gasteiger charge is 2.32. The van der Waals surface area contributed by atoms with Gasteiger partial charge in [0.2, 0.25) is 0 Å². The molecule has 1 atom stereocenters. The lowest BCUT2D eigenvalue weighted by Gasteiger charge is -2.29. The fourth-order valence-corrected chi connectivity index (χ4v) is 2.52. The van der Waals surface area contributed by atoms with Gasteiger partial charge in [-0.15, -0.1) is 0 Å². The molecular formula is C14H20N2O2. The van der Waals surface area contributed by atoms with Gasteiger partial charge in [0.05, 0.1) is 18.5 Å². The van der Waals surface area contributed by atoms with Crippen LogP contribution in [0.4, 0.5) is 11.4 Å². The van der Waals surface area contributed by atoms with Gasteiger partial charge in [-0.05, 0) is 25.0 Å². The van der Waals surface area contributed by atoms with Crippen molar-refractivity contribution in [3.05, 3.63) is 24.3 Å². The van der Waals surface area contributed by atoms with Crippen molar-refractivity contribution < 1.29 is 9.53 Å². The number of ether oxygens (including phenoxy) is 1. The van der Waals surface area contributed by atoms with E-state index in [0.717, 1.165) is 30.8 Å². The number of carbonyl (C=O) groups is 1. The summed E-state index contributed by atoms with van der Waals surface area (Å²) in [6, 6.07) is 8.02. The van der Waals surface area contributed by atoms with Crippen molar-refractivity contribution in [2.75, 3.05) is 37.5 Å². The molecule has 1 aromatic carbocycles. The Morgan fingerprint density at radius 2 is 2.11 bits per heavy atom. The van der Waals surface area contributed by atoms with Crippen molar-refractivity contribution in [3.63, 3.8) is 0 Å². The smallest absolute Gasteiger partial charge is 0.328 e. The number of esters is 1. The van der Waals surface area contributed by atoms with Gasteiger partial charge in [-0.25, -0.2) is 4.79 Å². The first kappa shape index (κ1) is 12.7. The summed E-state index contributed by atoms with van der Waals surface area (Å²) in [5.41, 5.74) is 2.24. The van der Waals surface area contributed by atoms with Crippen LogP contribution >= 0.6 is 0 Å². The van der Waals surface area contributed by atoms with Crippen LogP contribution in [-0.2, 0) is 9.53 Å². The Bertz CT molecular complexity index is 432. The zero-order chi connectivity index (χ0) is 13.1. The lowest BCUT2D eigenvalue weighted by atomic mass is 10.2. The Morgan fingerprint density at radius 3 is 2.78 bits per heavy atom. The molecular weight excluding hydrogens is 228 g/mol. The van der Waals surface area contributed by atoms with E-state index in [1.54, 1.807) is 0 Å². The summed E-state index contributed by atoms with van der Waals surface area (Å²) < 4.78 is 4.89. The number of para-hydroxylation sites is 2. The van der Waals surface area contributed by atoms with Gasteiger partial charge < -0.3 is 14.5 Å². The number of rotatable bonds is 3. The van der Waals surface area contributed by atoms with Gasteiger partial charge in [0, 0.05) is 20.6 Å². The molecule has 1 aliphatic rings. The highest BCUT2D eigenvalue weighted by Crippen LogP contribution is 2.33. The lowest BCUT2D eigenvalue weighted by molar-refractivity contribution is -0.141. The van der Waals surface area contributed by atoms with Crippen LogP contribution in [0.15, 0.2) is 24.3 Å². The van der Waals surface area contributed by atoms with E-state index in [4.69, 9.17) is 4.74 Å². The van der Waals surface area contributed by atoms with Crippen molar-refractivity contribution in [2.24, 2.45) is 0 Å². The first-order valence-corrected chi connectivity index (χ1v) is 6.26. The number of anilines is 2. The van der Waals surface area contributed by atoms with E-state index in [1.807, 2.05) is 26.2 Å². The summed E-state index contributed by atoms with van der Waals surface area (Å²) in [4.78, 5) is 16.0. The maximum Gasteiger partial charge on any atom is 0.328 e. The third-order valence-corrected chi connectivity index (χ3v) is 3.40. The number of methoxy groups -OCH3 is 1. The largest absolute Gasteiger partial charge is 0.467 e. The molecule has 1 unspecified atom stereocenters. The molecule has 0 N–H and O–H groups in total. The molecule has 0 bridgehead atoms. The van der Waals surface area contributed by atoms with E-state index in [-0.39, 0.29) is 12.0 Å². The molecule has 0 radical (unpaired) electrons. The SMILES string of the molecule is COC(=O)C1CCCN1c1ccccc1N(C)C. The molecule has 0 amide bonds. The van der Waals surface area contributed by atoms with E-state index in [2.05, 4.69) is 21.9 Å². The third-order valence-electron chi connectivity index (χ3n) is 3.40. The highest BCUT2D eigenvalue weighted by atomic mass is 16.5. The number of hydrogen-bond acceptors (Lipinski definition) is 4. The first-order chi connectivity index (χ1) is 8.65. The summed E-state index contributed by atoms with van der Waals surface area (Å²) in [6.45, 7) is 0.907. The van der Waals surface area contributed by atoms with Crippen LogP contribution < -0.4 is 9.80 Å². The molecule has 18 heavy (non-hydrogen) atoms. The summed E-state index contributed by atoms with van der Waals surface area (Å²) in [7, 11) is 5.49. The number of benzene rings is 1. The van der Waals surface area contributed by atoms with E-state index in [0.29, 0.717) is 0 Å². The van der Waals surface area contributed by atoms with E-state index in [1.165, 1.54) is 7.11 Å². The topological polar surface area (TPSA) is 32.8 Å². The Kier molecular flexibility index (Phi) is 3.75. The number of hydrogen-bond donors (Lipinski definition) is 0. The van der Waals surface area contributed by atoms with Crippen LogP contribution in [0.25, 0.3) is 0 Å². The number of nitrogens with zero attached hydrogens (tertiary/aromatic N) is 2. The Hall–Kier alpha value is -1.71. The van der Waals surface area contributed by atoms with Gasteiger partial charge in [-0.1, -0.05) is 12.1 Å². The minimum Gasteiger partial charge on any atom is -0.467 e. The lowest BCUT2D eigenvalue weighted by Crippen LogP contribution is -2.37. The molecule has 1 aliphatic heterocycles. The minimum atomic E-state index is -0.143. The molecule has 2 rings (SSSR count). The van der Waals surface area contributed by atoms with Gasteiger partial charge in [-0.2, -0.15) is 0 Å². The highest BCUT2D eigenvalue weighted by molar-refractivity contribution is 5.83. The van der Waals surface area contributed by atoms with Crippen LogP contribution in [0.2, 0.25) is 0 Å². The molecule has 1 saturated heterocycles. The van der Waals surface area contributed by atoms with Gasteiger partial charge >= 0.3 is 5.97 Å². The second-order valence-electron chi connectivity index (χ2n) is 4.76. The maximum atomic E-state index is 11.8. The zero-order valence-electron chi connectivity index (χ0n) is 11.2. The van der Waals surface area contributed by atoms with Gasteiger partial charge in [-0.3, -0.25) is 0 Å². The average Bonchev–Trinajstić information content (AvgIpc) is 2.86. The van der Waals surface area contributed by atoms with Crippen molar-refractivity contribution in [1.29, 1.82) is 0 Å². The van der Waals surface area contributed by atoms with Gasteiger partial charge in [0.15, 0.2) is 0 Å². The van der Waals surface area contributed by atoms with Gasteiger partial charge in [0.1, 0.15) is 6.04 Å². The Labute approximate surface area is 108 Å². The van der Waals surface area contributed by atoms with Crippen LogP contribution in [0.1, 0.15) is 12.8 Å². The monoisotopic (exact) mass is 248 g/mol. The van der Waals surface area contributed by atoms with Crippen LogP contribution in [-0.4, -0.2) is 39.8 Å². The summed E-state index contributed by atoms with van der Waals surface area (Å²) in [5.74, 6) is -0.138. The molecule has 4 heteroatoms. The molecule has 0 aromatic heterocycles. The van der Waals surface area contributed by atoms with Crippen LogP contribution in [0.3, 0.4) is 0 Å². The predicted octanol–water partition coefficient (Wildman–Crippen LogP) is 1.89. The van der Waals surface area contributed by atoms with Gasteiger partial charge in [0.25, 0.3) is 0 Å². The zero-order valence-corrected chi connectivity index (χ0v) is 11.2.